The summed E-state index contributed by atoms with van der Waals surface area (Å²) in [6.45, 7) is 2.39. The Labute approximate surface area is 117 Å². The van der Waals surface area contributed by atoms with Crippen LogP contribution in [0.1, 0.15) is 11.1 Å². The lowest BCUT2D eigenvalue weighted by atomic mass is 10.1. The first-order chi connectivity index (χ1) is 9.58. The number of ether oxygens (including phenoxy) is 1. The Hall–Kier alpha value is -2.56. The van der Waals surface area contributed by atoms with Crippen LogP contribution in [0.2, 0.25) is 0 Å². The summed E-state index contributed by atoms with van der Waals surface area (Å²) in [4.78, 5) is 10.5. The molecule has 0 heterocycles. The maximum Gasteiger partial charge on any atom is 0.270 e. The van der Waals surface area contributed by atoms with Crippen LogP contribution >= 0.6 is 0 Å². The van der Waals surface area contributed by atoms with Gasteiger partial charge in [0.05, 0.1) is 12.0 Å². The van der Waals surface area contributed by atoms with E-state index in [1.165, 1.54) is 0 Å². The standard InChI is InChI=1S/C15H16N2O3/c1-11-7-12(9-14(8-11)17(18)19)10-16-13-3-5-15(20-2)6-4-13/h3-9,16H,10H2,1-2H3. The molecule has 104 valence electrons. The van der Waals surface area contributed by atoms with E-state index in [9.17, 15) is 10.1 Å². The van der Waals surface area contributed by atoms with Gasteiger partial charge in [-0.05, 0) is 42.3 Å². The number of methoxy groups -OCH3 is 1. The van der Waals surface area contributed by atoms with Crippen LogP contribution in [-0.2, 0) is 6.54 Å². The molecule has 0 aliphatic rings. The molecule has 2 rings (SSSR count). The fraction of sp³-hybridized carbons (Fsp3) is 0.200. The number of benzene rings is 2. The predicted molar refractivity (Wildman–Crippen MR) is 78.2 cm³/mol. The van der Waals surface area contributed by atoms with E-state index in [-0.39, 0.29) is 10.6 Å². The monoisotopic (exact) mass is 272 g/mol. The van der Waals surface area contributed by atoms with Gasteiger partial charge in [0, 0.05) is 24.4 Å². The molecule has 0 spiro atoms. The van der Waals surface area contributed by atoms with Gasteiger partial charge in [-0.1, -0.05) is 6.07 Å². The third-order valence-corrected chi connectivity index (χ3v) is 2.92. The Kier molecular flexibility index (Phi) is 4.20. The number of aryl methyl sites for hydroxylation is 1. The van der Waals surface area contributed by atoms with Gasteiger partial charge in [-0.15, -0.1) is 0 Å². The third kappa shape index (κ3) is 3.47. The van der Waals surface area contributed by atoms with Crippen LogP contribution in [0.25, 0.3) is 0 Å². The summed E-state index contributed by atoms with van der Waals surface area (Å²) in [5.41, 5.74) is 2.82. The Balaban J connectivity index is 2.08. The normalized spacial score (nSPS) is 10.1. The molecule has 5 heteroatoms. The first-order valence-electron chi connectivity index (χ1n) is 6.21. The summed E-state index contributed by atoms with van der Waals surface area (Å²) in [7, 11) is 1.62. The van der Waals surface area contributed by atoms with E-state index in [4.69, 9.17) is 4.74 Å². The Morgan fingerprint density at radius 2 is 1.90 bits per heavy atom. The van der Waals surface area contributed by atoms with Crippen molar-refractivity contribution in [1.29, 1.82) is 0 Å². The van der Waals surface area contributed by atoms with Crippen molar-refractivity contribution >= 4 is 11.4 Å². The van der Waals surface area contributed by atoms with Crippen molar-refractivity contribution in [3.05, 3.63) is 63.7 Å². The number of hydrogen-bond acceptors (Lipinski definition) is 4. The number of non-ortho nitro benzene ring substituents is 1. The van der Waals surface area contributed by atoms with Crippen molar-refractivity contribution in [3.8, 4) is 5.75 Å². The molecule has 0 atom stereocenters. The molecule has 5 nitrogen and oxygen atoms in total. The van der Waals surface area contributed by atoms with E-state index in [1.54, 1.807) is 19.2 Å². The highest BCUT2D eigenvalue weighted by atomic mass is 16.6. The molecule has 0 aliphatic carbocycles. The fourth-order valence-corrected chi connectivity index (χ4v) is 1.96. The molecule has 2 aromatic rings. The lowest BCUT2D eigenvalue weighted by Gasteiger charge is -2.08. The van der Waals surface area contributed by atoms with Crippen LogP contribution in [0.3, 0.4) is 0 Å². The van der Waals surface area contributed by atoms with E-state index in [0.29, 0.717) is 6.54 Å². The predicted octanol–water partition coefficient (Wildman–Crippen LogP) is 3.52. The average Bonchev–Trinajstić information content (AvgIpc) is 2.45. The van der Waals surface area contributed by atoms with E-state index in [2.05, 4.69) is 5.32 Å². The molecule has 0 radical (unpaired) electrons. The van der Waals surface area contributed by atoms with Crippen LogP contribution in [0.4, 0.5) is 11.4 Å². The lowest BCUT2D eigenvalue weighted by Crippen LogP contribution is -2.01. The first kappa shape index (κ1) is 13.9. The highest BCUT2D eigenvalue weighted by molar-refractivity contribution is 5.48. The maximum absolute atomic E-state index is 10.8. The number of hydrogen-bond donors (Lipinski definition) is 1. The first-order valence-corrected chi connectivity index (χ1v) is 6.21. The molecule has 20 heavy (non-hydrogen) atoms. The third-order valence-electron chi connectivity index (χ3n) is 2.92. The minimum atomic E-state index is -0.371. The lowest BCUT2D eigenvalue weighted by molar-refractivity contribution is -0.385. The van der Waals surface area contributed by atoms with Gasteiger partial charge in [0.15, 0.2) is 0 Å². The smallest absolute Gasteiger partial charge is 0.270 e. The van der Waals surface area contributed by atoms with E-state index in [1.807, 2.05) is 37.3 Å². The van der Waals surface area contributed by atoms with Gasteiger partial charge in [0.25, 0.3) is 5.69 Å². The molecular weight excluding hydrogens is 256 g/mol. The Morgan fingerprint density at radius 1 is 1.20 bits per heavy atom. The van der Waals surface area contributed by atoms with Gasteiger partial charge in [-0.3, -0.25) is 10.1 Å². The molecule has 0 saturated carbocycles. The number of nitro benzene ring substituents is 1. The van der Waals surface area contributed by atoms with E-state index >= 15 is 0 Å². The van der Waals surface area contributed by atoms with Gasteiger partial charge >= 0.3 is 0 Å². The summed E-state index contributed by atoms with van der Waals surface area (Å²) in [6, 6.07) is 12.6. The molecule has 2 aromatic carbocycles. The summed E-state index contributed by atoms with van der Waals surface area (Å²) in [5, 5.41) is 14.0. The van der Waals surface area contributed by atoms with Gasteiger partial charge in [-0.25, -0.2) is 0 Å². The number of nitro groups is 1. The average molecular weight is 272 g/mol. The zero-order chi connectivity index (χ0) is 14.5. The second-order valence-electron chi connectivity index (χ2n) is 4.52. The van der Waals surface area contributed by atoms with E-state index < -0.39 is 0 Å². The second kappa shape index (κ2) is 6.06. The van der Waals surface area contributed by atoms with Crippen LogP contribution in [0.5, 0.6) is 5.75 Å². The van der Waals surface area contributed by atoms with Gasteiger partial charge in [-0.2, -0.15) is 0 Å². The number of rotatable bonds is 5. The molecule has 0 aliphatic heterocycles. The van der Waals surface area contributed by atoms with Crippen molar-refractivity contribution in [2.75, 3.05) is 12.4 Å². The largest absolute Gasteiger partial charge is 0.497 e. The SMILES string of the molecule is COc1ccc(NCc2cc(C)cc([N+](=O)[O-])c2)cc1. The van der Waals surface area contributed by atoms with E-state index in [0.717, 1.165) is 22.6 Å². The highest BCUT2D eigenvalue weighted by Gasteiger charge is 2.07. The van der Waals surface area contributed by atoms with Crippen molar-refractivity contribution in [1.82, 2.24) is 0 Å². The molecule has 0 aromatic heterocycles. The van der Waals surface area contributed by atoms with Gasteiger partial charge < -0.3 is 10.1 Å². The quantitative estimate of drug-likeness (QED) is 0.668. The molecule has 0 saturated heterocycles. The maximum atomic E-state index is 10.8. The van der Waals surface area contributed by atoms with Crippen molar-refractivity contribution in [2.45, 2.75) is 13.5 Å². The second-order valence-corrected chi connectivity index (χ2v) is 4.52. The number of nitrogens with one attached hydrogen (secondary N) is 1. The molecule has 1 N–H and O–H groups in total. The molecule has 0 bridgehead atoms. The van der Waals surface area contributed by atoms with Crippen molar-refractivity contribution in [2.24, 2.45) is 0 Å². The summed E-state index contributed by atoms with van der Waals surface area (Å²) in [6.07, 6.45) is 0. The van der Waals surface area contributed by atoms with Crippen molar-refractivity contribution < 1.29 is 9.66 Å². The molecular formula is C15H16N2O3. The summed E-state index contributed by atoms with van der Waals surface area (Å²) in [5.74, 6) is 0.793. The van der Waals surface area contributed by atoms with Gasteiger partial charge in [0.1, 0.15) is 5.75 Å². The topological polar surface area (TPSA) is 64.4 Å². The molecule has 0 amide bonds. The van der Waals surface area contributed by atoms with Crippen LogP contribution in [-0.4, -0.2) is 12.0 Å². The Bertz CT molecular complexity index is 609. The van der Waals surface area contributed by atoms with Crippen LogP contribution in [0.15, 0.2) is 42.5 Å². The van der Waals surface area contributed by atoms with Gasteiger partial charge in [0.2, 0.25) is 0 Å². The van der Waals surface area contributed by atoms with Crippen molar-refractivity contribution in [3.63, 3.8) is 0 Å². The minimum Gasteiger partial charge on any atom is -0.497 e. The number of nitrogens with zero attached hydrogens (tertiary/aromatic N) is 1. The minimum absolute atomic E-state index is 0.122. The highest BCUT2D eigenvalue weighted by Crippen LogP contribution is 2.19. The van der Waals surface area contributed by atoms with Crippen LogP contribution in [0, 0.1) is 17.0 Å². The fourth-order valence-electron chi connectivity index (χ4n) is 1.96. The molecule has 0 unspecified atom stereocenters. The zero-order valence-electron chi connectivity index (χ0n) is 11.4. The summed E-state index contributed by atoms with van der Waals surface area (Å²) >= 11 is 0. The Morgan fingerprint density at radius 3 is 2.50 bits per heavy atom. The summed E-state index contributed by atoms with van der Waals surface area (Å²) < 4.78 is 5.09. The number of anilines is 1. The zero-order valence-corrected chi connectivity index (χ0v) is 11.4. The molecule has 0 fully saturated rings. The van der Waals surface area contributed by atoms with Crippen LogP contribution < -0.4 is 10.1 Å².